The van der Waals surface area contributed by atoms with Crippen LogP contribution in [0.25, 0.3) is 21.8 Å². The minimum Gasteiger partial charge on any atom is -0.465 e. The van der Waals surface area contributed by atoms with Gasteiger partial charge < -0.3 is 14.7 Å². The zero-order chi connectivity index (χ0) is 21.5. The van der Waals surface area contributed by atoms with Gasteiger partial charge in [-0.15, -0.1) is 0 Å². The summed E-state index contributed by atoms with van der Waals surface area (Å²) < 4.78 is 4.84. The number of ether oxygens (including phenoxy) is 1. The summed E-state index contributed by atoms with van der Waals surface area (Å²) in [5.41, 5.74) is 5.73. The molecule has 2 aromatic heterocycles. The number of hydrogen-bond acceptors (Lipinski definition) is 2. The third-order valence-electron chi connectivity index (χ3n) is 5.64. The molecule has 0 atom stereocenters. The molecule has 31 heavy (non-hydrogen) atoms. The molecule has 0 radical (unpaired) electrons. The van der Waals surface area contributed by atoms with Crippen molar-refractivity contribution in [3.63, 3.8) is 0 Å². The second-order valence-electron chi connectivity index (χ2n) is 7.41. The van der Waals surface area contributed by atoms with Crippen LogP contribution in [0.5, 0.6) is 0 Å². The summed E-state index contributed by atoms with van der Waals surface area (Å²) in [6.45, 7) is 0. The minimum absolute atomic E-state index is 0.105. The summed E-state index contributed by atoms with van der Waals surface area (Å²) in [6.07, 6.45) is 4.03. The highest BCUT2D eigenvalue weighted by Crippen LogP contribution is 2.40. The number of halogens is 2. The number of nitrogens with one attached hydrogen (secondary N) is 2. The molecule has 2 heterocycles. The average Bonchev–Trinajstić information content (AvgIpc) is 3.38. The highest BCUT2D eigenvalue weighted by molar-refractivity contribution is 6.31. The Morgan fingerprint density at radius 2 is 1.32 bits per heavy atom. The molecule has 6 heteroatoms. The number of methoxy groups -OCH3 is 1. The van der Waals surface area contributed by atoms with E-state index < -0.39 is 0 Å². The van der Waals surface area contributed by atoms with Crippen LogP contribution in [0, 0.1) is 0 Å². The molecule has 0 saturated heterocycles. The largest absolute Gasteiger partial charge is 0.465 e. The zero-order valence-electron chi connectivity index (χ0n) is 16.6. The van der Waals surface area contributed by atoms with Crippen LogP contribution < -0.4 is 0 Å². The molecule has 2 N–H and O–H groups in total. The van der Waals surface area contributed by atoms with E-state index in [9.17, 15) is 4.79 Å². The molecule has 0 bridgehead atoms. The SMILES string of the molecule is COC(=O)c1ccc(C(c2c[nH]c3ccc(Cl)cc23)c2c[nH]c3ccc(Cl)cc23)cc1. The summed E-state index contributed by atoms with van der Waals surface area (Å²) in [5.74, 6) is -0.466. The molecule has 0 saturated carbocycles. The smallest absolute Gasteiger partial charge is 0.337 e. The Labute approximate surface area is 188 Å². The predicted octanol–water partition coefficient (Wildman–Crippen LogP) is 6.92. The molecule has 0 aliphatic rings. The van der Waals surface area contributed by atoms with Gasteiger partial charge in [-0.1, -0.05) is 35.3 Å². The normalized spacial score (nSPS) is 11.5. The number of carbonyl (C=O) groups excluding carboxylic acids is 1. The lowest BCUT2D eigenvalue weighted by molar-refractivity contribution is 0.0600. The van der Waals surface area contributed by atoms with Crippen molar-refractivity contribution in [1.82, 2.24) is 9.97 Å². The van der Waals surface area contributed by atoms with Crippen molar-refractivity contribution in [3.05, 3.63) is 105 Å². The number of hydrogen-bond donors (Lipinski definition) is 2. The first-order valence-electron chi connectivity index (χ1n) is 9.76. The Balaban J connectivity index is 1.75. The van der Waals surface area contributed by atoms with Crippen molar-refractivity contribution in [2.75, 3.05) is 7.11 Å². The highest BCUT2D eigenvalue weighted by Gasteiger charge is 2.24. The van der Waals surface area contributed by atoms with Crippen molar-refractivity contribution in [3.8, 4) is 0 Å². The number of esters is 1. The fraction of sp³-hybridized carbons (Fsp3) is 0.0800. The number of aromatic nitrogens is 2. The molecular formula is C25H18Cl2N2O2. The summed E-state index contributed by atoms with van der Waals surface area (Å²) in [7, 11) is 1.38. The molecule has 0 aliphatic carbocycles. The molecule has 5 aromatic rings. The van der Waals surface area contributed by atoms with Crippen molar-refractivity contribution >= 4 is 51.0 Å². The second kappa shape index (κ2) is 7.80. The highest BCUT2D eigenvalue weighted by atomic mass is 35.5. The lowest BCUT2D eigenvalue weighted by Crippen LogP contribution is -2.05. The molecule has 0 aliphatic heterocycles. The fourth-order valence-electron chi connectivity index (χ4n) is 4.16. The predicted molar refractivity (Wildman–Crippen MR) is 125 cm³/mol. The molecule has 3 aromatic carbocycles. The number of aromatic amines is 2. The summed E-state index contributed by atoms with van der Waals surface area (Å²) in [6, 6.07) is 19.1. The lowest BCUT2D eigenvalue weighted by Gasteiger charge is -2.18. The lowest BCUT2D eigenvalue weighted by atomic mass is 9.84. The van der Waals surface area contributed by atoms with Crippen LogP contribution in [0.4, 0.5) is 0 Å². The van der Waals surface area contributed by atoms with Crippen LogP contribution in [0.2, 0.25) is 10.0 Å². The Morgan fingerprint density at radius 1 is 0.806 bits per heavy atom. The fourth-order valence-corrected chi connectivity index (χ4v) is 4.51. The van der Waals surface area contributed by atoms with Crippen LogP contribution in [-0.4, -0.2) is 23.0 Å². The maximum atomic E-state index is 11.9. The number of rotatable bonds is 4. The van der Waals surface area contributed by atoms with Gasteiger partial charge in [-0.05, 0) is 65.2 Å². The molecule has 154 valence electrons. The molecule has 4 nitrogen and oxygen atoms in total. The van der Waals surface area contributed by atoms with Gasteiger partial charge in [-0.25, -0.2) is 4.79 Å². The third kappa shape index (κ3) is 3.48. The first kappa shape index (κ1) is 19.7. The van der Waals surface area contributed by atoms with E-state index >= 15 is 0 Å². The summed E-state index contributed by atoms with van der Waals surface area (Å²) in [5, 5.41) is 3.45. The van der Waals surface area contributed by atoms with Gasteiger partial charge in [0.15, 0.2) is 0 Å². The Kier molecular flexibility index (Phi) is 4.97. The average molecular weight is 449 g/mol. The maximum Gasteiger partial charge on any atom is 0.337 e. The van der Waals surface area contributed by atoms with Gasteiger partial charge in [0.1, 0.15) is 0 Å². The van der Waals surface area contributed by atoms with Gasteiger partial charge in [0.25, 0.3) is 0 Å². The monoisotopic (exact) mass is 448 g/mol. The number of carbonyl (C=O) groups is 1. The van der Waals surface area contributed by atoms with E-state index in [0.717, 1.165) is 38.5 Å². The summed E-state index contributed by atoms with van der Waals surface area (Å²) in [4.78, 5) is 18.6. The Bertz CT molecular complexity index is 1340. The Morgan fingerprint density at radius 3 is 1.81 bits per heavy atom. The van der Waals surface area contributed by atoms with E-state index in [2.05, 4.69) is 9.97 Å². The molecule has 0 unspecified atom stereocenters. The van der Waals surface area contributed by atoms with Crippen LogP contribution >= 0.6 is 23.2 Å². The standard InChI is InChI=1S/C25H18Cl2N2O2/c1-31-25(30)15-4-2-14(3-5-15)24(20-12-28-22-8-6-16(26)10-18(20)22)21-13-29-23-9-7-17(27)11-19(21)23/h2-13,24,28-29H,1H3. The van der Waals surface area contributed by atoms with E-state index in [1.165, 1.54) is 7.11 Å². The second-order valence-corrected chi connectivity index (χ2v) is 8.29. The Hall–Kier alpha value is -3.21. The zero-order valence-corrected chi connectivity index (χ0v) is 18.1. The third-order valence-corrected chi connectivity index (χ3v) is 6.11. The quantitative estimate of drug-likeness (QED) is 0.293. The van der Waals surface area contributed by atoms with Crippen LogP contribution in [-0.2, 0) is 4.74 Å². The van der Waals surface area contributed by atoms with Crippen LogP contribution in [0.15, 0.2) is 73.1 Å². The topological polar surface area (TPSA) is 57.9 Å². The molecule has 0 fully saturated rings. The molecular weight excluding hydrogens is 431 g/mol. The van der Waals surface area contributed by atoms with Gasteiger partial charge in [0.2, 0.25) is 0 Å². The molecule has 5 rings (SSSR count). The number of fused-ring (bicyclic) bond motifs is 2. The number of benzene rings is 3. The van der Waals surface area contributed by atoms with E-state index in [1.54, 1.807) is 12.1 Å². The molecule has 0 amide bonds. The van der Waals surface area contributed by atoms with E-state index in [4.69, 9.17) is 27.9 Å². The van der Waals surface area contributed by atoms with Gasteiger partial charge in [0, 0.05) is 50.2 Å². The first-order valence-corrected chi connectivity index (χ1v) is 10.5. The van der Waals surface area contributed by atoms with Crippen LogP contribution in [0.3, 0.4) is 0 Å². The van der Waals surface area contributed by atoms with Gasteiger partial charge in [0.05, 0.1) is 12.7 Å². The minimum atomic E-state index is -0.360. The van der Waals surface area contributed by atoms with Crippen molar-refractivity contribution in [2.24, 2.45) is 0 Å². The van der Waals surface area contributed by atoms with Crippen molar-refractivity contribution in [2.45, 2.75) is 5.92 Å². The van der Waals surface area contributed by atoms with Crippen LogP contribution in [0.1, 0.15) is 33.0 Å². The number of H-pyrrole nitrogens is 2. The van der Waals surface area contributed by atoms with Gasteiger partial charge in [-0.3, -0.25) is 0 Å². The van der Waals surface area contributed by atoms with Gasteiger partial charge in [-0.2, -0.15) is 0 Å². The summed E-state index contributed by atoms with van der Waals surface area (Å²) >= 11 is 12.6. The van der Waals surface area contributed by atoms with Crippen molar-refractivity contribution < 1.29 is 9.53 Å². The first-order chi connectivity index (χ1) is 15.0. The maximum absolute atomic E-state index is 11.9. The van der Waals surface area contributed by atoms with Gasteiger partial charge >= 0.3 is 5.97 Å². The van der Waals surface area contributed by atoms with Crippen molar-refractivity contribution in [1.29, 1.82) is 0 Å². The van der Waals surface area contributed by atoms with E-state index in [-0.39, 0.29) is 11.9 Å². The van der Waals surface area contributed by atoms with E-state index in [0.29, 0.717) is 15.6 Å². The van der Waals surface area contributed by atoms with E-state index in [1.807, 2.05) is 60.9 Å². The molecule has 0 spiro atoms.